The van der Waals surface area contributed by atoms with E-state index in [0.29, 0.717) is 0 Å². The number of hydrogen-bond donors (Lipinski definition) is 2. The molecule has 16 heavy (non-hydrogen) atoms. The third-order valence-electron chi connectivity index (χ3n) is 2.94. The van der Waals surface area contributed by atoms with Gasteiger partial charge in [0.1, 0.15) is 0 Å². The van der Waals surface area contributed by atoms with Crippen molar-refractivity contribution in [3.63, 3.8) is 0 Å². The lowest BCUT2D eigenvalue weighted by Crippen LogP contribution is -2.39. The molecule has 0 spiro atoms. The summed E-state index contributed by atoms with van der Waals surface area (Å²) in [6, 6.07) is 5.77. The number of carbonyl (C=O) groups is 1. The Labute approximate surface area is 104 Å². The Balaban J connectivity index is 2.18. The highest BCUT2D eigenvalue weighted by atomic mass is 79.9. The van der Waals surface area contributed by atoms with Crippen LogP contribution in [-0.2, 0) is 11.2 Å². The third-order valence-corrected chi connectivity index (χ3v) is 3.69. The molecule has 1 aromatic rings. The summed E-state index contributed by atoms with van der Waals surface area (Å²) in [6.45, 7) is 1.70. The number of carbonyl (C=O) groups excluding carboxylic acids is 1. The molecule has 0 aliphatic heterocycles. The van der Waals surface area contributed by atoms with E-state index in [-0.39, 0.29) is 11.9 Å². The van der Waals surface area contributed by atoms with Gasteiger partial charge in [-0.3, -0.25) is 4.79 Å². The van der Waals surface area contributed by atoms with Crippen molar-refractivity contribution in [2.45, 2.75) is 31.8 Å². The van der Waals surface area contributed by atoms with Crippen molar-refractivity contribution in [2.24, 2.45) is 5.73 Å². The van der Waals surface area contributed by atoms with Crippen LogP contribution < -0.4 is 11.1 Å². The second kappa shape index (κ2) is 4.55. The zero-order chi connectivity index (χ0) is 11.7. The molecule has 3 nitrogen and oxygen atoms in total. The topological polar surface area (TPSA) is 55.1 Å². The summed E-state index contributed by atoms with van der Waals surface area (Å²) >= 11 is 3.53. The minimum absolute atomic E-state index is 0.0853. The SMILES string of the molecule is C[C@@H](N)C(=O)NC1CCc2c(Br)cccc21. The standard InChI is InChI=1S/C12H15BrN2O/c1-7(14)12(16)15-11-6-5-8-9(11)3-2-4-10(8)13/h2-4,7,11H,5-6,14H2,1H3,(H,15,16)/t7-,11?/m1/s1. The fourth-order valence-corrected chi connectivity index (χ4v) is 2.64. The van der Waals surface area contributed by atoms with Crippen LogP contribution >= 0.6 is 15.9 Å². The second-order valence-electron chi connectivity index (χ2n) is 4.20. The summed E-state index contributed by atoms with van der Waals surface area (Å²) < 4.78 is 1.13. The molecule has 2 atom stereocenters. The lowest BCUT2D eigenvalue weighted by atomic mass is 10.1. The molecule has 0 bridgehead atoms. The van der Waals surface area contributed by atoms with Crippen molar-refractivity contribution in [1.82, 2.24) is 5.32 Å². The van der Waals surface area contributed by atoms with Gasteiger partial charge in [-0.2, -0.15) is 0 Å². The van der Waals surface area contributed by atoms with Crippen LogP contribution in [0.5, 0.6) is 0 Å². The first kappa shape index (κ1) is 11.6. The fourth-order valence-electron chi connectivity index (χ4n) is 2.06. The summed E-state index contributed by atoms with van der Waals surface area (Å²) in [7, 11) is 0. The van der Waals surface area contributed by atoms with Crippen LogP contribution in [0.2, 0.25) is 0 Å². The average molecular weight is 283 g/mol. The largest absolute Gasteiger partial charge is 0.348 e. The van der Waals surface area contributed by atoms with E-state index in [4.69, 9.17) is 5.73 Å². The van der Waals surface area contributed by atoms with E-state index in [1.807, 2.05) is 12.1 Å². The van der Waals surface area contributed by atoms with E-state index < -0.39 is 6.04 Å². The van der Waals surface area contributed by atoms with Gasteiger partial charge in [0.15, 0.2) is 0 Å². The summed E-state index contributed by atoms with van der Waals surface area (Å²) in [6.07, 6.45) is 1.96. The number of fused-ring (bicyclic) bond motifs is 1. The number of rotatable bonds is 2. The molecule has 4 heteroatoms. The van der Waals surface area contributed by atoms with Crippen LogP contribution in [0.1, 0.15) is 30.5 Å². The minimum atomic E-state index is -0.448. The molecule has 1 aromatic carbocycles. The Kier molecular flexibility index (Phi) is 3.30. The maximum atomic E-state index is 11.5. The smallest absolute Gasteiger partial charge is 0.237 e. The van der Waals surface area contributed by atoms with Gasteiger partial charge >= 0.3 is 0 Å². The molecule has 0 aromatic heterocycles. The van der Waals surface area contributed by atoms with Crippen molar-refractivity contribution >= 4 is 21.8 Å². The number of nitrogens with two attached hydrogens (primary N) is 1. The molecule has 1 aliphatic rings. The highest BCUT2D eigenvalue weighted by Gasteiger charge is 2.25. The third kappa shape index (κ3) is 2.13. The monoisotopic (exact) mass is 282 g/mol. The first-order valence-corrected chi connectivity index (χ1v) is 6.22. The number of amides is 1. The molecule has 0 saturated carbocycles. The van der Waals surface area contributed by atoms with E-state index in [1.165, 1.54) is 11.1 Å². The van der Waals surface area contributed by atoms with Crippen LogP contribution in [0, 0.1) is 0 Å². The van der Waals surface area contributed by atoms with Crippen molar-refractivity contribution in [1.29, 1.82) is 0 Å². The summed E-state index contributed by atoms with van der Waals surface area (Å²) in [5.41, 5.74) is 8.06. The maximum absolute atomic E-state index is 11.5. The summed E-state index contributed by atoms with van der Waals surface area (Å²) in [5, 5.41) is 2.98. The average Bonchev–Trinajstić information content (AvgIpc) is 2.63. The van der Waals surface area contributed by atoms with Gasteiger partial charge in [-0.25, -0.2) is 0 Å². The first-order valence-electron chi connectivity index (χ1n) is 5.43. The van der Waals surface area contributed by atoms with Gasteiger partial charge < -0.3 is 11.1 Å². The molecule has 0 heterocycles. The van der Waals surface area contributed by atoms with Crippen LogP contribution in [0.4, 0.5) is 0 Å². The van der Waals surface area contributed by atoms with Crippen LogP contribution in [0.3, 0.4) is 0 Å². The lowest BCUT2D eigenvalue weighted by Gasteiger charge is -2.15. The van der Waals surface area contributed by atoms with Gasteiger partial charge in [-0.05, 0) is 37.0 Å². The Morgan fingerprint density at radius 2 is 2.38 bits per heavy atom. The predicted molar refractivity (Wildman–Crippen MR) is 67.0 cm³/mol. The van der Waals surface area contributed by atoms with Crippen molar-refractivity contribution in [3.05, 3.63) is 33.8 Å². The molecule has 86 valence electrons. The number of nitrogens with one attached hydrogen (secondary N) is 1. The Bertz CT molecular complexity index is 417. The molecule has 1 aliphatic carbocycles. The van der Waals surface area contributed by atoms with E-state index in [2.05, 4.69) is 27.3 Å². The van der Waals surface area contributed by atoms with Crippen LogP contribution in [-0.4, -0.2) is 11.9 Å². The van der Waals surface area contributed by atoms with Crippen molar-refractivity contribution in [3.8, 4) is 0 Å². The molecule has 1 amide bonds. The summed E-state index contributed by atoms with van der Waals surface area (Å²) in [4.78, 5) is 11.5. The normalized spacial score (nSPS) is 20.3. The molecular weight excluding hydrogens is 268 g/mol. The zero-order valence-electron chi connectivity index (χ0n) is 9.16. The van der Waals surface area contributed by atoms with Gasteiger partial charge in [0.2, 0.25) is 5.91 Å². The molecule has 0 saturated heterocycles. The molecule has 2 rings (SSSR count). The van der Waals surface area contributed by atoms with Gasteiger partial charge in [0, 0.05) is 4.47 Å². The highest BCUT2D eigenvalue weighted by molar-refractivity contribution is 9.10. The number of hydrogen-bond acceptors (Lipinski definition) is 2. The maximum Gasteiger partial charge on any atom is 0.237 e. The predicted octanol–water partition coefficient (Wildman–Crippen LogP) is 1.90. The Morgan fingerprint density at radius 3 is 3.06 bits per heavy atom. The molecule has 0 fully saturated rings. The lowest BCUT2D eigenvalue weighted by molar-refractivity contribution is -0.122. The van der Waals surface area contributed by atoms with E-state index in [9.17, 15) is 4.79 Å². The van der Waals surface area contributed by atoms with E-state index in [0.717, 1.165) is 17.3 Å². The van der Waals surface area contributed by atoms with Gasteiger partial charge in [0.25, 0.3) is 0 Å². The first-order chi connectivity index (χ1) is 7.59. The van der Waals surface area contributed by atoms with Crippen molar-refractivity contribution in [2.75, 3.05) is 0 Å². The molecule has 0 radical (unpaired) electrons. The van der Waals surface area contributed by atoms with Gasteiger partial charge in [0.05, 0.1) is 12.1 Å². The van der Waals surface area contributed by atoms with Crippen LogP contribution in [0.15, 0.2) is 22.7 Å². The highest BCUT2D eigenvalue weighted by Crippen LogP contribution is 2.35. The second-order valence-corrected chi connectivity index (χ2v) is 5.05. The van der Waals surface area contributed by atoms with Gasteiger partial charge in [-0.15, -0.1) is 0 Å². The van der Waals surface area contributed by atoms with E-state index in [1.54, 1.807) is 6.92 Å². The Hall–Kier alpha value is -0.870. The number of benzene rings is 1. The quantitative estimate of drug-likeness (QED) is 0.871. The van der Waals surface area contributed by atoms with E-state index >= 15 is 0 Å². The minimum Gasteiger partial charge on any atom is -0.348 e. The number of halogens is 1. The van der Waals surface area contributed by atoms with Crippen molar-refractivity contribution < 1.29 is 4.79 Å². The molecular formula is C12H15BrN2O. The molecule has 1 unspecified atom stereocenters. The molecule has 3 N–H and O–H groups in total. The van der Waals surface area contributed by atoms with Gasteiger partial charge in [-0.1, -0.05) is 28.1 Å². The zero-order valence-corrected chi connectivity index (χ0v) is 10.8. The summed E-state index contributed by atoms with van der Waals surface area (Å²) in [5.74, 6) is -0.0853. The van der Waals surface area contributed by atoms with Crippen LogP contribution in [0.25, 0.3) is 0 Å². The Morgan fingerprint density at radius 1 is 1.62 bits per heavy atom. The fraction of sp³-hybridized carbons (Fsp3) is 0.417.